The zero-order chi connectivity index (χ0) is 27.8. The van der Waals surface area contributed by atoms with Crippen LogP contribution in [0.1, 0.15) is 30.5 Å². The van der Waals surface area contributed by atoms with Crippen LogP contribution in [0.3, 0.4) is 0 Å². The number of benzene rings is 1. The van der Waals surface area contributed by atoms with Gasteiger partial charge in [-0.1, -0.05) is 12.1 Å². The lowest BCUT2D eigenvalue weighted by molar-refractivity contribution is -0.149. The molecule has 0 radical (unpaired) electrons. The molecule has 9 N–H and O–H groups in total. The fourth-order valence-corrected chi connectivity index (χ4v) is 4.24. The van der Waals surface area contributed by atoms with Gasteiger partial charge < -0.3 is 42.2 Å². The summed E-state index contributed by atoms with van der Waals surface area (Å²) in [5.74, 6) is -4.20. The average Bonchev–Trinajstić information content (AvgIpc) is 3.56. The maximum absolute atomic E-state index is 13.3. The van der Waals surface area contributed by atoms with Gasteiger partial charge in [-0.3, -0.25) is 19.2 Å². The van der Waals surface area contributed by atoms with E-state index in [9.17, 15) is 34.2 Å². The van der Waals surface area contributed by atoms with Crippen molar-refractivity contribution in [2.24, 2.45) is 11.5 Å². The van der Waals surface area contributed by atoms with Crippen molar-refractivity contribution < 1.29 is 34.2 Å². The second kappa shape index (κ2) is 12.7. The summed E-state index contributed by atoms with van der Waals surface area (Å²) >= 11 is 0. The number of phenolic OH excluding ortho intramolecular Hbond substituents is 1. The smallest absolute Gasteiger partial charge is 0.326 e. The van der Waals surface area contributed by atoms with Crippen molar-refractivity contribution in [3.63, 3.8) is 0 Å². The third-order valence-corrected chi connectivity index (χ3v) is 6.18. The van der Waals surface area contributed by atoms with Gasteiger partial charge in [0.05, 0.1) is 18.8 Å². The molecule has 0 aliphatic carbocycles. The van der Waals surface area contributed by atoms with Gasteiger partial charge in [-0.2, -0.15) is 0 Å². The molecular weight excluding hydrogens is 498 g/mol. The van der Waals surface area contributed by atoms with Crippen molar-refractivity contribution in [3.8, 4) is 5.75 Å². The second-order valence-electron chi connectivity index (χ2n) is 9.08. The van der Waals surface area contributed by atoms with Gasteiger partial charge in [-0.15, -0.1) is 0 Å². The molecule has 1 aromatic heterocycles. The first kappa shape index (κ1) is 28.1. The first-order chi connectivity index (χ1) is 18.0. The summed E-state index contributed by atoms with van der Waals surface area (Å²) in [5.41, 5.74) is 12.5. The summed E-state index contributed by atoms with van der Waals surface area (Å²) in [6, 6.07) is 1.38. The number of nitrogens with one attached hydrogen (secondary N) is 3. The van der Waals surface area contributed by atoms with Crippen molar-refractivity contribution in [1.82, 2.24) is 25.5 Å². The minimum Gasteiger partial charge on any atom is -0.508 e. The van der Waals surface area contributed by atoms with Crippen molar-refractivity contribution >= 4 is 29.6 Å². The van der Waals surface area contributed by atoms with Crippen molar-refractivity contribution in [3.05, 3.63) is 48.0 Å². The average molecular weight is 530 g/mol. The van der Waals surface area contributed by atoms with E-state index in [0.29, 0.717) is 17.7 Å². The summed E-state index contributed by atoms with van der Waals surface area (Å²) in [6.07, 6.45) is 3.07. The van der Waals surface area contributed by atoms with Crippen molar-refractivity contribution in [2.75, 3.05) is 6.54 Å². The predicted octanol–water partition coefficient (Wildman–Crippen LogP) is -1.85. The van der Waals surface area contributed by atoms with E-state index in [1.54, 1.807) is 12.1 Å². The Morgan fingerprint density at radius 3 is 2.37 bits per heavy atom. The molecular formula is C24H31N7O7. The van der Waals surface area contributed by atoms with Crippen LogP contribution in [0.25, 0.3) is 0 Å². The maximum atomic E-state index is 13.3. The summed E-state index contributed by atoms with van der Waals surface area (Å²) in [7, 11) is 0. The Morgan fingerprint density at radius 2 is 1.76 bits per heavy atom. The normalized spacial score (nSPS) is 17.3. The number of rotatable bonds is 12. The number of aliphatic carboxylic acids is 1. The topological polar surface area (TPSA) is 234 Å². The number of carboxylic acid groups (broad SMARTS) is 1. The highest BCUT2D eigenvalue weighted by atomic mass is 16.4. The third kappa shape index (κ3) is 7.52. The standard InChI is InChI=1S/C24H31N7O7/c25-16(8-13-3-5-15(32)6-4-13)21(34)29-17(9-14-11-27-12-28-14)22(35)30-18(10-20(26)33)23(36)31-7-1-2-19(31)24(37)38/h3-6,11-12,16-19,32H,1-2,7-10,25H2,(H2,26,33)(H,27,28)(H,29,34)(H,30,35)(H,37,38). The number of likely N-dealkylation sites (tertiary alicyclic amines) is 1. The van der Waals surface area contributed by atoms with E-state index in [-0.39, 0.29) is 31.6 Å². The van der Waals surface area contributed by atoms with Crippen molar-refractivity contribution in [2.45, 2.75) is 56.3 Å². The molecule has 1 aliphatic heterocycles. The number of carboxylic acids is 1. The monoisotopic (exact) mass is 529 g/mol. The lowest BCUT2D eigenvalue weighted by Crippen LogP contribution is -2.58. The quantitative estimate of drug-likeness (QED) is 0.163. The molecule has 38 heavy (non-hydrogen) atoms. The molecule has 2 heterocycles. The predicted molar refractivity (Wildman–Crippen MR) is 132 cm³/mol. The minimum absolute atomic E-state index is 0.0392. The number of hydrogen-bond acceptors (Lipinski definition) is 8. The molecule has 4 unspecified atom stereocenters. The number of hydrogen-bond donors (Lipinski definition) is 7. The lowest BCUT2D eigenvalue weighted by atomic mass is 10.0. The van der Waals surface area contributed by atoms with Crippen LogP contribution in [-0.4, -0.2) is 85.4 Å². The fourth-order valence-electron chi connectivity index (χ4n) is 4.24. The lowest BCUT2D eigenvalue weighted by Gasteiger charge is -2.28. The van der Waals surface area contributed by atoms with E-state index in [0.717, 1.165) is 4.90 Å². The van der Waals surface area contributed by atoms with Crippen LogP contribution in [0.15, 0.2) is 36.8 Å². The Hall–Kier alpha value is -4.46. The molecule has 14 heteroatoms. The maximum Gasteiger partial charge on any atom is 0.326 e. The van der Waals surface area contributed by atoms with Crippen LogP contribution < -0.4 is 22.1 Å². The van der Waals surface area contributed by atoms with Gasteiger partial charge in [0.1, 0.15) is 23.9 Å². The Bertz CT molecular complexity index is 1150. The van der Waals surface area contributed by atoms with E-state index in [2.05, 4.69) is 20.6 Å². The first-order valence-electron chi connectivity index (χ1n) is 12.0. The molecule has 14 nitrogen and oxygen atoms in total. The summed E-state index contributed by atoms with van der Waals surface area (Å²) in [6.45, 7) is 0.154. The number of imidazole rings is 1. The zero-order valence-electron chi connectivity index (χ0n) is 20.5. The molecule has 4 amide bonds. The highest BCUT2D eigenvalue weighted by Crippen LogP contribution is 2.19. The number of primary amides is 1. The van der Waals surface area contributed by atoms with Gasteiger partial charge in [0.2, 0.25) is 23.6 Å². The molecule has 0 spiro atoms. The number of aromatic amines is 1. The Morgan fingerprint density at radius 1 is 1.08 bits per heavy atom. The van der Waals surface area contributed by atoms with E-state index >= 15 is 0 Å². The molecule has 3 rings (SSSR count). The highest BCUT2D eigenvalue weighted by Gasteiger charge is 2.39. The Labute approximate surface area is 217 Å². The molecule has 1 aliphatic rings. The molecule has 1 fully saturated rings. The second-order valence-corrected chi connectivity index (χ2v) is 9.08. The zero-order valence-corrected chi connectivity index (χ0v) is 20.5. The van der Waals surface area contributed by atoms with E-state index in [1.807, 2.05) is 0 Å². The van der Waals surface area contributed by atoms with Crippen LogP contribution in [-0.2, 0) is 36.8 Å². The number of nitrogens with two attached hydrogens (primary N) is 2. The Balaban J connectivity index is 1.75. The summed E-state index contributed by atoms with van der Waals surface area (Å²) in [5, 5.41) is 23.9. The van der Waals surface area contributed by atoms with Crippen molar-refractivity contribution in [1.29, 1.82) is 0 Å². The number of nitrogens with zero attached hydrogens (tertiary/aromatic N) is 2. The van der Waals surface area contributed by atoms with E-state index in [4.69, 9.17) is 11.5 Å². The first-order valence-corrected chi connectivity index (χ1v) is 12.0. The highest BCUT2D eigenvalue weighted by molar-refractivity contribution is 5.96. The van der Waals surface area contributed by atoms with Crippen LogP contribution in [0.4, 0.5) is 0 Å². The van der Waals surface area contributed by atoms with Crippen LogP contribution in [0, 0.1) is 0 Å². The number of phenols is 1. The third-order valence-electron chi connectivity index (χ3n) is 6.18. The summed E-state index contributed by atoms with van der Waals surface area (Å²) in [4.78, 5) is 70.3. The van der Waals surface area contributed by atoms with Gasteiger partial charge in [-0.25, -0.2) is 9.78 Å². The van der Waals surface area contributed by atoms with E-state index in [1.165, 1.54) is 24.7 Å². The minimum atomic E-state index is -1.42. The van der Waals surface area contributed by atoms with Gasteiger partial charge in [-0.05, 0) is 37.0 Å². The Kier molecular flexibility index (Phi) is 9.38. The van der Waals surface area contributed by atoms with Gasteiger partial charge in [0.15, 0.2) is 0 Å². The van der Waals surface area contributed by atoms with Crippen LogP contribution in [0.5, 0.6) is 5.75 Å². The summed E-state index contributed by atoms with van der Waals surface area (Å²) < 4.78 is 0. The number of H-pyrrole nitrogens is 1. The molecule has 1 saturated heterocycles. The molecule has 2 aromatic rings. The molecule has 0 bridgehead atoms. The number of aromatic nitrogens is 2. The number of carbonyl (C=O) groups excluding carboxylic acids is 4. The SMILES string of the molecule is NC(=O)CC(NC(=O)C(Cc1cnc[nH]1)NC(=O)C(N)Cc1ccc(O)cc1)C(=O)N1CCCC1C(=O)O. The van der Waals surface area contributed by atoms with Gasteiger partial charge in [0, 0.05) is 24.9 Å². The van der Waals surface area contributed by atoms with Crippen LogP contribution >= 0.6 is 0 Å². The van der Waals surface area contributed by atoms with Gasteiger partial charge >= 0.3 is 5.97 Å². The number of carbonyl (C=O) groups is 5. The van der Waals surface area contributed by atoms with Crippen LogP contribution in [0.2, 0.25) is 0 Å². The molecule has 204 valence electrons. The molecule has 1 aromatic carbocycles. The number of amides is 4. The van der Waals surface area contributed by atoms with E-state index < -0.39 is 60.2 Å². The fraction of sp³-hybridized carbons (Fsp3) is 0.417. The molecule has 4 atom stereocenters. The molecule has 0 saturated carbocycles. The van der Waals surface area contributed by atoms with Gasteiger partial charge in [0.25, 0.3) is 0 Å². The number of aromatic hydroxyl groups is 1. The largest absolute Gasteiger partial charge is 0.508 e.